The fourth-order valence-corrected chi connectivity index (χ4v) is 6.43. The van der Waals surface area contributed by atoms with Crippen LogP contribution < -0.4 is 22.1 Å². The third-order valence-corrected chi connectivity index (χ3v) is 8.75. The number of benzene rings is 4. The van der Waals surface area contributed by atoms with Crippen LogP contribution in [0.1, 0.15) is 57.3 Å². The van der Waals surface area contributed by atoms with Crippen molar-refractivity contribution in [1.82, 2.24) is 9.97 Å². The summed E-state index contributed by atoms with van der Waals surface area (Å²) in [5.74, 6) is -0.610. The molecule has 0 aliphatic heterocycles. The van der Waals surface area contributed by atoms with E-state index >= 15 is 0 Å². The molecule has 6 rings (SSSR count). The Hall–Kier alpha value is -6.02. The van der Waals surface area contributed by atoms with Gasteiger partial charge >= 0.3 is 0 Å². The number of nitrogens with one attached hydrogen (secondary N) is 4. The van der Waals surface area contributed by atoms with Gasteiger partial charge in [-0.05, 0) is 74.2 Å². The van der Waals surface area contributed by atoms with Crippen molar-refractivity contribution in [3.63, 3.8) is 0 Å². The number of hydrogen-bond donors (Lipinski definition) is 6. The maximum atomic E-state index is 13.9. The number of carbonyl (C=O) groups excluding carboxylic acids is 2. The van der Waals surface area contributed by atoms with Crippen LogP contribution in [-0.2, 0) is 5.41 Å². The lowest BCUT2D eigenvalue weighted by Gasteiger charge is -2.25. The van der Waals surface area contributed by atoms with Gasteiger partial charge in [0.25, 0.3) is 11.8 Å². The minimum absolute atomic E-state index is 0.305. The molecular weight excluding hydrogens is 584 g/mol. The van der Waals surface area contributed by atoms with E-state index in [0.717, 1.165) is 44.8 Å². The van der Waals surface area contributed by atoms with E-state index in [-0.39, 0.29) is 11.8 Å². The second-order valence-corrected chi connectivity index (χ2v) is 12.2. The Morgan fingerprint density at radius 3 is 1.26 bits per heavy atom. The summed E-state index contributed by atoms with van der Waals surface area (Å²) in [6.07, 6.45) is 0. The van der Waals surface area contributed by atoms with E-state index in [0.29, 0.717) is 34.1 Å². The molecule has 2 heterocycles. The fraction of sp³-hybridized carbons (Fsp3) is 0.128. The Balaban J connectivity index is 1.50. The molecule has 0 aliphatic rings. The van der Waals surface area contributed by atoms with Gasteiger partial charge in [-0.25, -0.2) is 0 Å². The Kier molecular flexibility index (Phi) is 8.18. The third kappa shape index (κ3) is 5.77. The summed E-state index contributed by atoms with van der Waals surface area (Å²) in [5.41, 5.74) is 21.4. The van der Waals surface area contributed by atoms with Gasteiger partial charge in [0.2, 0.25) is 0 Å². The molecule has 0 bridgehead atoms. The number of carbonyl (C=O) groups is 2. The minimum atomic E-state index is -0.699. The highest BCUT2D eigenvalue weighted by Crippen LogP contribution is 2.43. The maximum Gasteiger partial charge on any atom is 0.272 e. The molecule has 8 heteroatoms. The normalized spacial score (nSPS) is 11.3. The number of nitrogens with two attached hydrogens (primary N) is 2. The Morgan fingerprint density at radius 2 is 0.894 bits per heavy atom. The van der Waals surface area contributed by atoms with Crippen LogP contribution in [0.2, 0.25) is 0 Å². The van der Waals surface area contributed by atoms with Crippen LogP contribution in [0.25, 0.3) is 22.3 Å². The van der Waals surface area contributed by atoms with Gasteiger partial charge in [0.1, 0.15) is 11.4 Å². The van der Waals surface area contributed by atoms with Gasteiger partial charge in [0, 0.05) is 27.9 Å². The van der Waals surface area contributed by atoms with Crippen LogP contribution in [0.4, 0.5) is 22.7 Å². The van der Waals surface area contributed by atoms with Crippen molar-refractivity contribution in [2.24, 2.45) is 0 Å². The van der Waals surface area contributed by atoms with Crippen molar-refractivity contribution in [2.75, 3.05) is 22.1 Å². The molecule has 8 N–H and O–H groups in total. The molecule has 0 saturated heterocycles. The quantitative estimate of drug-likeness (QED) is 0.0950. The van der Waals surface area contributed by atoms with Crippen molar-refractivity contribution in [3.05, 3.63) is 143 Å². The average molecular weight is 623 g/mol. The molecule has 2 amide bonds. The van der Waals surface area contributed by atoms with Gasteiger partial charge in [-0.3, -0.25) is 9.59 Å². The molecule has 0 radical (unpaired) electrons. The van der Waals surface area contributed by atoms with Gasteiger partial charge in [-0.1, -0.05) is 84.9 Å². The van der Waals surface area contributed by atoms with E-state index in [1.807, 2.05) is 98.8 Å². The third-order valence-electron chi connectivity index (χ3n) is 8.75. The number of nitrogen functional groups attached to an aromatic ring is 2. The zero-order chi connectivity index (χ0) is 33.3. The lowest BCUT2D eigenvalue weighted by Crippen LogP contribution is -2.23. The maximum absolute atomic E-state index is 13.9. The van der Waals surface area contributed by atoms with Crippen LogP contribution in [-0.4, -0.2) is 21.8 Å². The number of aromatic amines is 2. The molecule has 0 atom stereocenters. The molecular formula is C39H38N6O2. The molecule has 0 aliphatic carbocycles. The van der Waals surface area contributed by atoms with E-state index in [1.54, 1.807) is 24.3 Å². The second kappa shape index (κ2) is 12.4. The average Bonchev–Trinajstić information content (AvgIpc) is 3.62. The van der Waals surface area contributed by atoms with E-state index in [4.69, 9.17) is 11.5 Å². The summed E-state index contributed by atoms with van der Waals surface area (Å²) in [6, 6.07) is 34.0. The zero-order valence-corrected chi connectivity index (χ0v) is 26.9. The monoisotopic (exact) mass is 622 g/mol. The Labute approximate surface area is 274 Å². The van der Waals surface area contributed by atoms with E-state index in [9.17, 15) is 9.59 Å². The standard InChI is InChI=1S/C39H38N6O2/c1-23-31(25-15-7-5-8-16-25)33(37(46)42-29-21-13-11-19-27(29)40)44-35(23)39(3,4)36-24(2)32(26-17-9-6-10-18-26)34(45-36)38(47)43-30-22-14-12-20-28(30)41/h5-22,44-45H,40-41H2,1-4H3,(H,42,46)(H,43,47). The molecule has 6 aromatic rings. The number of aromatic nitrogens is 2. The summed E-state index contributed by atoms with van der Waals surface area (Å²) in [6.45, 7) is 8.21. The zero-order valence-electron chi connectivity index (χ0n) is 26.9. The number of hydrogen-bond acceptors (Lipinski definition) is 4. The van der Waals surface area contributed by atoms with Crippen LogP contribution >= 0.6 is 0 Å². The van der Waals surface area contributed by atoms with Crippen LogP contribution in [0.15, 0.2) is 109 Å². The number of H-pyrrole nitrogens is 2. The molecule has 8 nitrogen and oxygen atoms in total. The SMILES string of the molecule is Cc1c(C(C)(C)c2[nH]c(C(=O)Nc3ccccc3N)c(-c3ccccc3)c2C)[nH]c(C(=O)Nc2ccccc2N)c1-c1ccccc1. The summed E-state index contributed by atoms with van der Waals surface area (Å²) in [7, 11) is 0. The van der Waals surface area contributed by atoms with E-state index < -0.39 is 5.41 Å². The Morgan fingerprint density at radius 1 is 0.553 bits per heavy atom. The first kappa shape index (κ1) is 31.0. The molecule has 0 unspecified atom stereocenters. The van der Waals surface area contributed by atoms with Gasteiger partial charge < -0.3 is 32.1 Å². The van der Waals surface area contributed by atoms with Gasteiger partial charge in [-0.15, -0.1) is 0 Å². The number of amides is 2. The molecule has 47 heavy (non-hydrogen) atoms. The largest absolute Gasteiger partial charge is 0.397 e. The summed E-state index contributed by atoms with van der Waals surface area (Å²) >= 11 is 0. The molecule has 0 spiro atoms. The second-order valence-electron chi connectivity index (χ2n) is 12.2. The minimum Gasteiger partial charge on any atom is -0.397 e. The van der Waals surface area contributed by atoms with Gasteiger partial charge in [0.15, 0.2) is 0 Å². The predicted octanol–water partition coefficient (Wildman–Crippen LogP) is 8.29. The van der Waals surface area contributed by atoms with E-state index in [1.165, 1.54) is 0 Å². The topological polar surface area (TPSA) is 142 Å². The molecule has 2 aromatic heterocycles. The lowest BCUT2D eigenvalue weighted by molar-refractivity contribution is 0.101. The van der Waals surface area contributed by atoms with Gasteiger partial charge in [-0.2, -0.15) is 0 Å². The van der Waals surface area contributed by atoms with Gasteiger partial charge in [0.05, 0.1) is 22.7 Å². The van der Waals surface area contributed by atoms with Crippen molar-refractivity contribution in [2.45, 2.75) is 33.1 Å². The first-order valence-corrected chi connectivity index (χ1v) is 15.5. The molecule has 0 fully saturated rings. The smallest absolute Gasteiger partial charge is 0.272 e. The number of anilines is 4. The first-order valence-electron chi connectivity index (χ1n) is 15.5. The lowest BCUT2D eigenvalue weighted by atomic mass is 9.80. The van der Waals surface area contributed by atoms with Crippen LogP contribution in [0, 0.1) is 13.8 Å². The summed E-state index contributed by atoms with van der Waals surface area (Å²) < 4.78 is 0. The molecule has 0 saturated carbocycles. The molecule has 236 valence electrons. The summed E-state index contributed by atoms with van der Waals surface area (Å²) in [4.78, 5) is 34.9. The summed E-state index contributed by atoms with van der Waals surface area (Å²) in [5, 5.41) is 5.98. The predicted molar refractivity (Wildman–Crippen MR) is 192 cm³/mol. The number of rotatable bonds is 8. The van der Waals surface area contributed by atoms with Crippen LogP contribution in [0.5, 0.6) is 0 Å². The number of para-hydroxylation sites is 4. The Bertz CT molecular complexity index is 1940. The fourth-order valence-electron chi connectivity index (χ4n) is 6.43. The van der Waals surface area contributed by atoms with Crippen molar-refractivity contribution in [3.8, 4) is 22.3 Å². The molecule has 4 aromatic carbocycles. The highest BCUT2D eigenvalue weighted by Gasteiger charge is 2.36. The van der Waals surface area contributed by atoms with Crippen LogP contribution in [0.3, 0.4) is 0 Å². The highest BCUT2D eigenvalue weighted by atomic mass is 16.2. The first-order chi connectivity index (χ1) is 22.6. The van der Waals surface area contributed by atoms with Crippen molar-refractivity contribution < 1.29 is 9.59 Å². The highest BCUT2D eigenvalue weighted by molar-refractivity contribution is 6.10. The van der Waals surface area contributed by atoms with Crippen molar-refractivity contribution >= 4 is 34.6 Å². The van der Waals surface area contributed by atoms with E-state index in [2.05, 4.69) is 34.4 Å². The van der Waals surface area contributed by atoms with Crippen molar-refractivity contribution in [1.29, 1.82) is 0 Å².